The van der Waals surface area contributed by atoms with Crippen molar-refractivity contribution in [1.82, 2.24) is 8.61 Å². The Bertz CT molecular complexity index is 1360. The van der Waals surface area contributed by atoms with E-state index in [2.05, 4.69) is 5.32 Å². The standard InChI is InChI=1S/C25H33N3O7S2/c1-5-27(6-2)36(30,31)23-18-21(10-7-19(23)3)26-25(29)12-9-20-8-11-22(34-4)24(17-20)37(32,33)28-13-15-35-16-14-28/h7-12,17-18H,5-6,13-16H2,1-4H3,(H,26,29)/b12-9+. The highest BCUT2D eigenvalue weighted by Crippen LogP contribution is 2.29. The van der Waals surface area contributed by atoms with Crippen LogP contribution in [0.2, 0.25) is 0 Å². The predicted molar refractivity (Wildman–Crippen MR) is 142 cm³/mol. The Labute approximate surface area is 219 Å². The predicted octanol–water partition coefficient (Wildman–Crippen LogP) is 2.71. The van der Waals surface area contributed by atoms with E-state index in [1.165, 1.54) is 46.1 Å². The Kier molecular flexibility index (Phi) is 9.48. The van der Waals surface area contributed by atoms with Gasteiger partial charge in [0.05, 0.1) is 25.2 Å². The first kappa shape index (κ1) is 28.8. The second kappa shape index (κ2) is 12.2. The van der Waals surface area contributed by atoms with Gasteiger partial charge in [0.1, 0.15) is 10.6 Å². The molecule has 0 atom stereocenters. The van der Waals surface area contributed by atoms with Crippen LogP contribution in [0.15, 0.2) is 52.3 Å². The number of amides is 1. The summed E-state index contributed by atoms with van der Waals surface area (Å²) < 4.78 is 65.5. The minimum Gasteiger partial charge on any atom is -0.495 e. The zero-order valence-corrected chi connectivity index (χ0v) is 23.1. The highest BCUT2D eigenvalue weighted by molar-refractivity contribution is 7.89. The van der Waals surface area contributed by atoms with E-state index in [0.29, 0.717) is 43.1 Å². The first-order chi connectivity index (χ1) is 17.5. The number of rotatable bonds is 10. The summed E-state index contributed by atoms with van der Waals surface area (Å²) >= 11 is 0. The molecule has 1 fully saturated rings. The summed E-state index contributed by atoms with van der Waals surface area (Å²) in [6.07, 6.45) is 2.74. The van der Waals surface area contributed by atoms with Crippen molar-refractivity contribution in [3.05, 3.63) is 53.6 Å². The van der Waals surface area contributed by atoms with Gasteiger partial charge in [-0.25, -0.2) is 16.8 Å². The molecular weight excluding hydrogens is 518 g/mol. The first-order valence-corrected chi connectivity index (χ1v) is 14.8. The van der Waals surface area contributed by atoms with Gasteiger partial charge in [0, 0.05) is 37.9 Å². The number of nitrogens with one attached hydrogen (secondary N) is 1. The lowest BCUT2D eigenvalue weighted by Crippen LogP contribution is -2.40. The summed E-state index contributed by atoms with van der Waals surface area (Å²) in [7, 11) is -6.12. The third kappa shape index (κ3) is 6.57. The monoisotopic (exact) mass is 551 g/mol. The van der Waals surface area contributed by atoms with Gasteiger partial charge < -0.3 is 14.8 Å². The summed E-state index contributed by atoms with van der Waals surface area (Å²) in [6, 6.07) is 9.34. The topological polar surface area (TPSA) is 122 Å². The van der Waals surface area contributed by atoms with Crippen molar-refractivity contribution in [2.45, 2.75) is 30.6 Å². The van der Waals surface area contributed by atoms with Crippen LogP contribution in [0.3, 0.4) is 0 Å². The van der Waals surface area contributed by atoms with Crippen LogP contribution in [-0.2, 0) is 29.6 Å². The second-order valence-electron chi connectivity index (χ2n) is 8.32. The van der Waals surface area contributed by atoms with Crippen LogP contribution in [0.5, 0.6) is 5.75 Å². The van der Waals surface area contributed by atoms with Gasteiger partial charge in [-0.15, -0.1) is 0 Å². The summed E-state index contributed by atoms with van der Waals surface area (Å²) in [6.45, 7) is 7.04. The summed E-state index contributed by atoms with van der Waals surface area (Å²) in [5.41, 5.74) is 1.39. The van der Waals surface area contributed by atoms with Gasteiger partial charge in [-0.1, -0.05) is 26.0 Å². The first-order valence-electron chi connectivity index (χ1n) is 11.9. The molecule has 0 bridgehead atoms. The van der Waals surface area contributed by atoms with E-state index in [1.54, 1.807) is 39.0 Å². The molecule has 0 unspecified atom stereocenters. The number of carbonyl (C=O) groups excluding carboxylic acids is 1. The van der Waals surface area contributed by atoms with Crippen molar-refractivity contribution in [1.29, 1.82) is 0 Å². The van der Waals surface area contributed by atoms with Crippen LogP contribution < -0.4 is 10.1 Å². The molecule has 1 amide bonds. The van der Waals surface area contributed by atoms with Crippen molar-refractivity contribution in [2.75, 3.05) is 51.8 Å². The Balaban J connectivity index is 1.82. The van der Waals surface area contributed by atoms with Gasteiger partial charge in [-0.3, -0.25) is 4.79 Å². The normalized spacial score (nSPS) is 15.3. The Morgan fingerprint density at radius 2 is 1.73 bits per heavy atom. The Hall–Kier alpha value is -2.77. The number of aryl methyl sites for hydroxylation is 1. The number of hydrogen-bond acceptors (Lipinski definition) is 7. The molecule has 2 aromatic rings. The number of methoxy groups -OCH3 is 1. The van der Waals surface area contributed by atoms with Crippen LogP contribution in [0.1, 0.15) is 25.0 Å². The molecule has 1 heterocycles. The third-order valence-corrected chi connectivity index (χ3v) is 10.1. The maximum absolute atomic E-state index is 13.2. The fraction of sp³-hybridized carbons (Fsp3) is 0.400. The van der Waals surface area contributed by atoms with Gasteiger partial charge in [0.15, 0.2) is 0 Å². The number of sulfonamides is 2. The average Bonchev–Trinajstić information content (AvgIpc) is 2.89. The summed E-state index contributed by atoms with van der Waals surface area (Å²) in [5.74, 6) is -0.293. The van der Waals surface area contributed by atoms with E-state index in [4.69, 9.17) is 9.47 Å². The molecule has 3 rings (SSSR count). The molecular formula is C25H33N3O7S2. The fourth-order valence-corrected chi connectivity index (χ4v) is 7.25. The summed E-state index contributed by atoms with van der Waals surface area (Å²) in [5, 5.41) is 2.67. The van der Waals surface area contributed by atoms with Crippen LogP contribution in [0.25, 0.3) is 6.08 Å². The maximum Gasteiger partial charge on any atom is 0.248 e. The number of benzene rings is 2. The van der Waals surface area contributed by atoms with Gasteiger partial charge in [-0.2, -0.15) is 8.61 Å². The number of hydrogen-bond donors (Lipinski definition) is 1. The van der Waals surface area contributed by atoms with Crippen molar-refractivity contribution in [3.8, 4) is 5.75 Å². The zero-order valence-electron chi connectivity index (χ0n) is 21.4. The second-order valence-corrected chi connectivity index (χ2v) is 12.1. The third-order valence-electron chi connectivity index (χ3n) is 5.98. The minimum atomic E-state index is -3.82. The fourth-order valence-electron chi connectivity index (χ4n) is 3.94. The van der Waals surface area contributed by atoms with Gasteiger partial charge in [-0.05, 0) is 48.4 Å². The van der Waals surface area contributed by atoms with Crippen molar-refractivity contribution < 1.29 is 31.1 Å². The lowest BCUT2D eigenvalue weighted by Gasteiger charge is -2.26. The molecule has 0 radical (unpaired) electrons. The van der Waals surface area contributed by atoms with Gasteiger partial charge >= 0.3 is 0 Å². The largest absolute Gasteiger partial charge is 0.495 e. The zero-order chi connectivity index (χ0) is 27.2. The van der Waals surface area contributed by atoms with E-state index in [0.717, 1.165) is 0 Å². The molecule has 202 valence electrons. The molecule has 2 aromatic carbocycles. The number of nitrogens with zero attached hydrogens (tertiary/aromatic N) is 2. The van der Waals surface area contributed by atoms with E-state index in [1.807, 2.05) is 0 Å². The number of anilines is 1. The Morgan fingerprint density at radius 1 is 1.05 bits per heavy atom. The van der Waals surface area contributed by atoms with Gasteiger partial charge in [0.25, 0.3) is 0 Å². The highest BCUT2D eigenvalue weighted by atomic mass is 32.2. The molecule has 0 aliphatic carbocycles. The molecule has 10 nitrogen and oxygen atoms in total. The molecule has 0 spiro atoms. The average molecular weight is 552 g/mol. The number of morpholine rings is 1. The van der Waals surface area contributed by atoms with Crippen LogP contribution in [0.4, 0.5) is 5.69 Å². The van der Waals surface area contributed by atoms with Gasteiger partial charge in [0.2, 0.25) is 26.0 Å². The smallest absolute Gasteiger partial charge is 0.248 e. The lowest BCUT2D eigenvalue weighted by molar-refractivity contribution is -0.111. The van der Waals surface area contributed by atoms with E-state index < -0.39 is 26.0 Å². The minimum absolute atomic E-state index is 0.00393. The maximum atomic E-state index is 13.2. The van der Waals surface area contributed by atoms with Crippen LogP contribution in [0, 0.1) is 6.92 Å². The van der Waals surface area contributed by atoms with Crippen molar-refractivity contribution in [3.63, 3.8) is 0 Å². The molecule has 1 saturated heterocycles. The van der Waals surface area contributed by atoms with E-state index in [9.17, 15) is 21.6 Å². The molecule has 1 N–H and O–H groups in total. The van der Waals surface area contributed by atoms with Crippen LogP contribution >= 0.6 is 0 Å². The van der Waals surface area contributed by atoms with Crippen LogP contribution in [-0.4, -0.2) is 77.9 Å². The SMILES string of the molecule is CCN(CC)S(=O)(=O)c1cc(NC(=O)/C=C/c2ccc(OC)c(S(=O)(=O)N3CCOCC3)c2)ccc1C. The number of carbonyl (C=O) groups is 1. The lowest BCUT2D eigenvalue weighted by atomic mass is 10.2. The summed E-state index contributed by atoms with van der Waals surface area (Å²) in [4.78, 5) is 12.7. The molecule has 0 saturated carbocycles. The molecule has 1 aliphatic heterocycles. The molecule has 37 heavy (non-hydrogen) atoms. The van der Waals surface area contributed by atoms with E-state index in [-0.39, 0.29) is 28.6 Å². The molecule has 0 aromatic heterocycles. The Morgan fingerprint density at radius 3 is 2.35 bits per heavy atom. The molecule has 12 heteroatoms. The van der Waals surface area contributed by atoms with Crippen molar-refractivity contribution >= 4 is 37.7 Å². The van der Waals surface area contributed by atoms with Crippen molar-refractivity contribution in [2.24, 2.45) is 0 Å². The highest BCUT2D eigenvalue weighted by Gasteiger charge is 2.29. The quantitative estimate of drug-likeness (QED) is 0.451. The van der Waals surface area contributed by atoms with E-state index >= 15 is 0 Å². The molecule has 1 aliphatic rings. The number of ether oxygens (including phenoxy) is 2.